The van der Waals surface area contributed by atoms with Crippen LogP contribution in [0.25, 0.3) is 5.76 Å². The van der Waals surface area contributed by atoms with Gasteiger partial charge in [0.15, 0.2) is 0 Å². The number of ketones is 1. The highest BCUT2D eigenvalue weighted by atomic mass is 16.3. The molecule has 1 atom stereocenters. The maximum Gasteiger partial charge on any atom is 0.295 e. The van der Waals surface area contributed by atoms with Crippen LogP contribution in [-0.2, 0) is 16.1 Å². The summed E-state index contributed by atoms with van der Waals surface area (Å²) in [4.78, 5) is 31.4. The van der Waals surface area contributed by atoms with E-state index in [1.165, 1.54) is 4.90 Å². The van der Waals surface area contributed by atoms with Crippen molar-refractivity contribution in [3.05, 3.63) is 107 Å². The average molecular weight is 384 g/mol. The number of benzene rings is 2. The van der Waals surface area contributed by atoms with Gasteiger partial charge in [0.05, 0.1) is 11.6 Å². The summed E-state index contributed by atoms with van der Waals surface area (Å²) in [6.45, 7) is 2.21. The molecule has 1 fully saturated rings. The molecule has 1 aliphatic rings. The molecule has 1 saturated heterocycles. The number of carbonyl (C=O) groups is 2. The normalized spacial score (nSPS) is 18.2. The van der Waals surface area contributed by atoms with Gasteiger partial charge in [-0.25, -0.2) is 0 Å². The highest BCUT2D eigenvalue weighted by molar-refractivity contribution is 6.46. The van der Waals surface area contributed by atoms with Gasteiger partial charge in [0.25, 0.3) is 11.7 Å². The van der Waals surface area contributed by atoms with Gasteiger partial charge in [-0.1, -0.05) is 60.2 Å². The van der Waals surface area contributed by atoms with E-state index in [0.717, 1.165) is 16.7 Å². The number of pyridine rings is 1. The number of hydrogen-bond donors (Lipinski definition) is 1. The van der Waals surface area contributed by atoms with Crippen LogP contribution in [0, 0.1) is 6.92 Å². The van der Waals surface area contributed by atoms with Crippen LogP contribution in [0.1, 0.15) is 28.3 Å². The molecule has 144 valence electrons. The monoisotopic (exact) mass is 384 g/mol. The third-order valence-electron chi connectivity index (χ3n) is 5.08. The van der Waals surface area contributed by atoms with Gasteiger partial charge < -0.3 is 10.0 Å². The van der Waals surface area contributed by atoms with Crippen molar-refractivity contribution in [2.45, 2.75) is 19.5 Å². The molecule has 1 unspecified atom stereocenters. The topological polar surface area (TPSA) is 70.5 Å². The summed E-state index contributed by atoms with van der Waals surface area (Å²) in [7, 11) is 0. The number of rotatable bonds is 4. The van der Waals surface area contributed by atoms with Crippen LogP contribution in [0.2, 0.25) is 0 Å². The predicted molar refractivity (Wildman–Crippen MR) is 110 cm³/mol. The Balaban J connectivity index is 1.85. The van der Waals surface area contributed by atoms with E-state index in [0.29, 0.717) is 5.56 Å². The zero-order valence-electron chi connectivity index (χ0n) is 15.9. The third kappa shape index (κ3) is 3.55. The fourth-order valence-electron chi connectivity index (χ4n) is 3.58. The van der Waals surface area contributed by atoms with Crippen molar-refractivity contribution in [3.63, 3.8) is 0 Å². The predicted octanol–water partition coefficient (Wildman–Crippen LogP) is 4.01. The smallest absolute Gasteiger partial charge is 0.295 e. The van der Waals surface area contributed by atoms with E-state index in [1.54, 1.807) is 36.7 Å². The number of Topliss-reactive ketones (excluding diaryl/α,β-unsaturated/α-hetero) is 1. The lowest BCUT2D eigenvalue weighted by atomic mass is 9.95. The lowest BCUT2D eigenvalue weighted by molar-refractivity contribution is -0.140. The molecule has 5 heteroatoms. The largest absolute Gasteiger partial charge is 0.507 e. The Hall–Kier alpha value is -3.73. The standard InChI is InChI=1S/C24H20N2O3/c1-16-7-9-19(10-8-16)22(27)20-21(18-11-13-25-14-12-18)26(24(29)23(20)28)15-17-5-3-2-4-6-17/h2-14,21,27H,15H2,1H3/b22-20+. The van der Waals surface area contributed by atoms with Crippen LogP contribution in [0.4, 0.5) is 0 Å². The SMILES string of the molecule is Cc1ccc(/C(O)=C2\C(=O)C(=O)N(Cc3ccccc3)C2c2ccncc2)cc1. The number of aryl methyl sites for hydroxylation is 1. The molecular formula is C24H20N2O3. The Labute approximate surface area is 169 Å². The van der Waals surface area contributed by atoms with Crippen LogP contribution in [0.5, 0.6) is 0 Å². The Bertz CT molecular complexity index is 1070. The first kappa shape index (κ1) is 18.6. The van der Waals surface area contributed by atoms with Crippen molar-refractivity contribution >= 4 is 17.4 Å². The molecule has 4 rings (SSSR count). The van der Waals surface area contributed by atoms with Crippen LogP contribution in [-0.4, -0.2) is 26.7 Å². The van der Waals surface area contributed by atoms with E-state index in [1.807, 2.05) is 49.4 Å². The molecule has 0 radical (unpaired) electrons. The van der Waals surface area contributed by atoms with Crippen molar-refractivity contribution in [1.29, 1.82) is 0 Å². The lowest BCUT2D eigenvalue weighted by Gasteiger charge is -2.25. The van der Waals surface area contributed by atoms with Crippen molar-refractivity contribution in [3.8, 4) is 0 Å². The Kier molecular flexibility index (Phi) is 4.96. The van der Waals surface area contributed by atoms with E-state index in [2.05, 4.69) is 4.98 Å². The number of aliphatic hydroxyl groups is 1. The molecule has 5 nitrogen and oxygen atoms in total. The van der Waals surface area contributed by atoms with E-state index in [9.17, 15) is 14.7 Å². The molecule has 1 N–H and O–H groups in total. The summed E-state index contributed by atoms with van der Waals surface area (Å²) in [5, 5.41) is 11.0. The molecule has 1 aliphatic heterocycles. The summed E-state index contributed by atoms with van der Waals surface area (Å²) in [5.74, 6) is -1.47. The fraction of sp³-hybridized carbons (Fsp3) is 0.125. The molecule has 1 aromatic heterocycles. The lowest BCUT2D eigenvalue weighted by Crippen LogP contribution is -2.29. The number of aliphatic hydroxyl groups excluding tert-OH is 1. The van der Waals surface area contributed by atoms with Gasteiger partial charge in [-0.15, -0.1) is 0 Å². The summed E-state index contributed by atoms with van der Waals surface area (Å²) in [5.41, 5.74) is 3.28. The van der Waals surface area contributed by atoms with Gasteiger partial charge >= 0.3 is 0 Å². The van der Waals surface area contributed by atoms with E-state index in [-0.39, 0.29) is 17.9 Å². The summed E-state index contributed by atoms with van der Waals surface area (Å²) in [6.07, 6.45) is 3.23. The minimum Gasteiger partial charge on any atom is -0.507 e. The molecule has 3 aromatic rings. The second kappa shape index (κ2) is 7.72. The average Bonchev–Trinajstić information content (AvgIpc) is 3.00. The van der Waals surface area contributed by atoms with E-state index >= 15 is 0 Å². The van der Waals surface area contributed by atoms with Gasteiger partial charge in [0.1, 0.15) is 5.76 Å². The van der Waals surface area contributed by atoms with Gasteiger partial charge in [0.2, 0.25) is 0 Å². The van der Waals surface area contributed by atoms with E-state index < -0.39 is 17.7 Å². The van der Waals surface area contributed by atoms with Crippen molar-refractivity contribution in [1.82, 2.24) is 9.88 Å². The summed E-state index contributed by atoms with van der Waals surface area (Å²) in [6, 6.07) is 19.5. The minimum absolute atomic E-state index is 0.0981. The molecule has 0 bridgehead atoms. The molecule has 0 spiro atoms. The fourth-order valence-corrected chi connectivity index (χ4v) is 3.58. The first-order valence-corrected chi connectivity index (χ1v) is 9.35. The van der Waals surface area contributed by atoms with Crippen LogP contribution in [0.3, 0.4) is 0 Å². The van der Waals surface area contributed by atoms with Gasteiger partial charge in [-0.2, -0.15) is 0 Å². The zero-order chi connectivity index (χ0) is 20.4. The Morgan fingerprint density at radius 1 is 0.966 bits per heavy atom. The summed E-state index contributed by atoms with van der Waals surface area (Å²) < 4.78 is 0. The third-order valence-corrected chi connectivity index (χ3v) is 5.08. The van der Waals surface area contributed by atoms with E-state index in [4.69, 9.17) is 0 Å². The Morgan fingerprint density at radius 2 is 1.62 bits per heavy atom. The first-order chi connectivity index (χ1) is 14.1. The molecule has 0 aliphatic carbocycles. The van der Waals surface area contributed by atoms with Crippen molar-refractivity contribution in [2.24, 2.45) is 0 Å². The van der Waals surface area contributed by atoms with Gasteiger partial charge in [-0.05, 0) is 30.2 Å². The number of carbonyl (C=O) groups excluding carboxylic acids is 2. The molecular weight excluding hydrogens is 364 g/mol. The minimum atomic E-state index is -0.681. The van der Waals surface area contributed by atoms with Crippen molar-refractivity contribution in [2.75, 3.05) is 0 Å². The summed E-state index contributed by atoms with van der Waals surface area (Å²) >= 11 is 0. The number of nitrogens with zero attached hydrogens (tertiary/aromatic N) is 2. The number of hydrogen-bond acceptors (Lipinski definition) is 4. The molecule has 2 aromatic carbocycles. The molecule has 2 heterocycles. The molecule has 29 heavy (non-hydrogen) atoms. The molecule has 0 saturated carbocycles. The number of likely N-dealkylation sites (tertiary alicyclic amines) is 1. The van der Waals surface area contributed by atoms with Crippen molar-refractivity contribution < 1.29 is 14.7 Å². The van der Waals surface area contributed by atoms with Crippen LogP contribution < -0.4 is 0 Å². The van der Waals surface area contributed by atoms with Crippen LogP contribution >= 0.6 is 0 Å². The highest BCUT2D eigenvalue weighted by Gasteiger charge is 2.46. The van der Waals surface area contributed by atoms with Gasteiger partial charge in [0, 0.05) is 24.5 Å². The Morgan fingerprint density at radius 3 is 2.28 bits per heavy atom. The van der Waals surface area contributed by atoms with Crippen LogP contribution in [0.15, 0.2) is 84.7 Å². The highest BCUT2D eigenvalue weighted by Crippen LogP contribution is 2.40. The second-order valence-electron chi connectivity index (χ2n) is 7.06. The zero-order valence-corrected chi connectivity index (χ0v) is 15.9. The molecule has 1 amide bonds. The quantitative estimate of drug-likeness (QED) is 0.419. The number of amides is 1. The first-order valence-electron chi connectivity index (χ1n) is 9.35. The van der Waals surface area contributed by atoms with Gasteiger partial charge in [-0.3, -0.25) is 14.6 Å². The maximum absolute atomic E-state index is 12.9. The maximum atomic E-state index is 12.9. The second-order valence-corrected chi connectivity index (χ2v) is 7.06. The number of aromatic nitrogens is 1.